The van der Waals surface area contributed by atoms with Crippen LogP contribution in [-0.4, -0.2) is 22.9 Å². The van der Waals surface area contributed by atoms with E-state index in [2.05, 4.69) is 21.2 Å². The summed E-state index contributed by atoms with van der Waals surface area (Å²) in [6.07, 6.45) is 2.09. The van der Waals surface area contributed by atoms with Crippen LogP contribution in [0.25, 0.3) is 0 Å². The van der Waals surface area contributed by atoms with Crippen molar-refractivity contribution in [2.24, 2.45) is 5.73 Å². The lowest BCUT2D eigenvalue weighted by Gasteiger charge is -2.23. The summed E-state index contributed by atoms with van der Waals surface area (Å²) in [7, 11) is 0. The summed E-state index contributed by atoms with van der Waals surface area (Å²) in [6.45, 7) is 0.588. The van der Waals surface area contributed by atoms with Crippen molar-refractivity contribution in [3.8, 4) is 0 Å². The van der Waals surface area contributed by atoms with Crippen molar-refractivity contribution in [2.75, 3.05) is 5.32 Å². The molecule has 24 heavy (non-hydrogen) atoms. The fourth-order valence-corrected chi connectivity index (χ4v) is 3.04. The lowest BCUT2D eigenvalue weighted by molar-refractivity contribution is 0.0730. The van der Waals surface area contributed by atoms with Crippen molar-refractivity contribution in [3.63, 3.8) is 0 Å². The molecule has 0 radical (unpaired) electrons. The van der Waals surface area contributed by atoms with Gasteiger partial charge in [-0.15, -0.1) is 0 Å². The van der Waals surface area contributed by atoms with Gasteiger partial charge >= 0.3 is 6.03 Å². The molecule has 3 amide bonds. The number of rotatable bonds is 5. The third-order valence-electron chi connectivity index (χ3n) is 3.89. The lowest BCUT2D eigenvalue weighted by Crippen LogP contribution is -2.32. The predicted octanol–water partition coefficient (Wildman–Crippen LogP) is 3.74. The van der Waals surface area contributed by atoms with Gasteiger partial charge in [-0.05, 0) is 54.8 Å². The molecular formula is C18H18BrN3O2. The van der Waals surface area contributed by atoms with Crippen molar-refractivity contribution in [1.29, 1.82) is 0 Å². The summed E-state index contributed by atoms with van der Waals surface area (Å²) < 4.78 is 1.00. The van der Waals surface area contributed by atoms with E-state index < -0.39 is 6.03 Å². The quantitative estimate of drug-likeness (QED) is 0.819. The van der Waals surface area contributed by atoms with Crippen LogP contribution in [-0.2, 0) is 6.54 Å². The monoisotopic (exact) mass is 387 g/mol. The van der Waals surface area contributed by atoms with Crippen LogP contribution < -0.4 is 11.1 Å². The minimum atomic E-state index is -0.622. The molecule has 0 saturated heterocycles. The van der Waals surface area contributed by atoms with Gasteiger partial charge in [-0.2, -0.15) is 0 Å². The number of hydrogen-bond donors (Lipinski definition) is 2. The highest BCUT2D eigenvalue weighted by molar-refractivity contribution is 9.10. The van der Waals surface area contributed by atoms with E-state index in [1.807, 2.05) is 29.2 Å². The molecule has 3 rings (SSSR count). The molecule has 6 heteroatoms. The Morgan fingerprint density at radius 2 is 1.88 bits per heavy atom. The van der Waals surface area contributed by atoms with Gasteiger partial charge in [0.2, 0.25) is 0 Å². The fraction of sp³-hybridized carbons (Fsp3) is 0.222. The second-order valence-electron chi connectivity index (χ2n) is 5.86. The highest BCUT2D eigenvalue weighted by atomic mass is 79.9. The molecule has 0 spiro atoms. The third-order valence-corrected chi connectivity index (χ3v) is 4.38. The SMILES string of the molecule is NC(=O)Nc1ccc(C(=O)N(Cc2cccc(Br)c2)C2CC2)cc1. The second-order valence-corrected chi connectivity index (χ2v) is 6.78. The third kappa shape index (κ3) is 4.14. The first-order valence-electron chi connectivity index (χ1n) is 7.75. The molecule has 1 saturated carbocycles. The standard InChI is InChI=1S/C18H18BrN3O2/c19-14-3-1-2-12(10-14)11-22(16-8-9-16)17(23)13-4-6-15(7-5-13)21-18(20)24/h1-7,10,16H,8-9,11H2,(H3,20,21,24). The molecule has 0 atom stereocenters. The molecule has 1 aliphatic rings. The zero-order chi connectivity index (χ0) is 17.1. The number of halogens is 1. The zero-order valence-corrected chi connectivity index (χ0v) is 14.6. The van der Waals surface area contributed by atoms with Gasteiger partial charge in [-0.1, -0.05) is 28.1 Å². The summed E-state index contributed by atoms with van der Waals surface area (Å²) in [5, 5.41) is 2.49. The molecule has 5 nitrogen and oxygen atoms in total. The minimum Gasteiger partial charge on any atom is -0.351 e. The summed E-state index contributed by atoms with van der Waals surface area (Å²) >= 11 is 3.47. The predicted molar refractivity (Wildman–Crippen MR) is 96.7 cm³/mol. The Bertz CT molecular complexity index is 757. The summed E-state index contributed by atoms with van der Waals surface area (Å²) in [6, 6.07) is 14.5. The largest absolute Gasteiger partial charge is 0.351 e. The van der Waals surface area contributed by atoms with E-state index in [1.54, 1.807) is 24.3 Å². The molecule has 2 aromatic rings. The first-order valence-corrected chi connectivity index (χ1v) is 8.54. The lowest BCUT2D eigenvalue weighted by atomic mass is 10.1. The van der Waals surface area contributed by atoms with Gasteiger partial charge in [0.1, 0.15) is 0 Å². The number of hydrogen-bond acceptors (Lipinski definition) is 2. The Balaban J connectivity index is 1.76. The Labute approximate surface area is 149 Å². The maximum Gasteiger partial charge on any atom is 0.316 e. The van der Waals surface area contributed by atoms with Crippen LogP contribution in [0.3, 0.4) is 0 Å². The van der Waals surface area contributed by atoms with Crippen LogP contribution >= 0.6 is 15.9 Å². The van der Waals surface area contributed by atoms with Crippen LogP contribution in [0.1, 0.15) is 28.8 Å². The Morgan fingerprint density at radius 3 is 2.46 bits per heavy atom. The topological polar surface area (TPSA) is 75.4 Å². The molecule has 0 aliphatic heterocycles. The van der Waals surface area contributed by atoms with E-state index in [4.69, 9.17) is 5.73 Å². The van der Waals surface area contributed by atoms with Crippen LogP contribution in [0, 0.1) is 0 Å². The number of anilines is 1. The zero-order valence-electron chi connectivity index (χ0n) is 13.0. The van der Waals surface area contributed by atoms with Crippen LogP contribution in [0.15, 0.2) is 53.0 Å². The molecule has 124 valence electrons. The molecule has 0 bridgehead atoms. The molecule has 3 N–H and O–H groups in total. The smallest absolute Gasteiger partial charge is 0.316 e. The minimum absolute atomic E-state index is 0.00287. The van der Waals surface area contributed by atoms with E-state index >= 15 is 0 Å². The molecule has 0 unspecified atom stereocenters. The number of primary amides is 1. The van der Waals surface area contributed by atoms with Crippen molar-refractivity contribution in [2.45, 2.75) is 25.4 Å². The molecular weight excluding hydrogens is 370 g/mol. The Kier molecular flexibility index (Phi) is 4.85. The maximum atomic E-state index is 12.9. The number of amides is 3. The molecule has 1 aliphatic carbocycles. The Hall–Kier alpha value is -2.34. The van der Waals surface area contributed by atoms with E-state index in [0.29, 0.717) is 23.8 Å². The van der Waals surface area contributed by atoms with Crippen molar-refractivity contribution >= 4 is 33.6 Å². The van der Waals surface area contributed by atoms with Gasteiger partial charge in [-0.3, -0.25) is 4.79 Å². The van der Waals surface area contributed by atoms with Gasteiger partial charge in [0.15, 0.2) is 0 Å². The number of nitrogens with two attached hydrogens (primary N) is 1. The van der Waals surface area contributed by atoms with Gasteiger partial charge in [0, 0.05) is 28.3 Å². The van der Waals surface area contributed by atoms with Gasteiger partial charge in [-0.25, -0.2) is 4.79 Å². The van der Waals surface area contributed by atoms with Crippen molar-refractivity contribution in [3.05, 3.63) is 64.1 Å². The highest BCUT2D eigenvalue weighted by Crippen LogP contribution is 2.30. The van der Waals surface area contributed by atoms with Crippen molar-refractivity contribution < 1.29 is 9.59 Å². The molecule has 2 aromatic carbocycles. The van der Waals surface area contributed by atoms with Gasteiger partial charge < -0.3 is 16.0 Å². The van der Waals surface area contributed by atoms with Crippen LogP contribution in [0.2, 0.25) is 0 Å². The number of nitrogens with one attached hydrogen (secondary N) is 1. The van der Waals surface area contributed by atoms with E-state index in [-0.39, 0.29) is 5.91 Å². The highest BCUT2D eigenvalue weighted by Gasteiger charge is 2.33. The van der Waals surface area contributed by atoms with E-state index in [9.17, 15) is 9.59 Å². The van der Waals surface area contributed by atoms with Crippen LogP contribution in [0.5, 0.6) is 0 Å². The summed E-state index contributed by atoms with van der Waals surface area (Å²) in [4.78, 5) is 25.6. The van der Waals surface area contributed by atoms with Gasteiger partial charge in [0.05, 0.1) is 0 Å². The summed E-state index contributed by atoms with van der Waals surface area (Å²) in [5.41, 5.74) is 7.36. The molecule has 1 fully saturated rings. The number of carbonyl (C=O) groups excluding carboxylic acids is 2. The number of benzene rings is 2. The normalized spacial score (nSPS) is 13.4. The number of carbonyl (C=O) groups is 2. The first kappa shape index (κ1) is 16.5. The van der Waals surface area contributed by atoms with E-state index in [1.165, 1.54) is 0 Å². The maximum absolute atomic E-state index is 12.9. The molecule has 0 heterocycles. The van der Waals surface area contributed by atoms with E-state index in [0.717, 1.165) is 22.9 Å². The Morgan fingerprint density at radius 1 is 1.17 bits per heavy atom. The van der Waals surface area contributed by atoms with Crippen molar-refractivity contribution in [1.82, 2.24) is 4.90 Å². The van der Waals surface area contributed by atoms with Gasteiger partial charge in [0.25, 0.3) is 5.91 Å². The fourth-order valence-electron chi connectivity index (χ4n) is 2.59. The summed E-state index contributed by atoms with van der Waals surface area (Å²) in [5.74, 6) is 0.00287. The van der Waals surface area contributed by atoms with Crippen LogP contribution in [0.4, 0.5) is 10.5 Å². The molecule has 0 aromatic heterocycles. The average Bonchev–Trinajstić information content (AvgIpc) is 3.37. The second kappa shape index (κ2) is 7.05. The number of urea groups is 1. The number of nitrogens with zero attached hydrogens (tertiary/aromatic N) is 1. The first-order chi connectivity index (χ1) is 11.5. The average molecular weight is 388 g/mol.